The maximum atomic E-state index is 12.4. The lowest BCUT2D eigenvalue weighted by Gasteiger charge is -2.11. The number of hydrogen-bond acceptors (Lipinski definition) is 6. The minimum Gasteiger partial charge on any atom is -0.415 e. The molecule has 128 valence electrons. The van der Waals surface area contributed by atoms with Crippen LogP contribution >= 0.6 is 0 Å². The van der Waals surface area contributed by atoms with Gasteiger partial charge in [0.1, 0.15) is 0 Å². The van der Waals surface area contributed by atoms with Crippen molar-refractivity contribution >= 4 is 12.4 Å². The van der Waals surface area contributed by atoms with Crippen molar-refractivity contribution in [2.75, 3.05) is 7.05 Å². The van der Waals surface area contributed by atoms with Crippen LogP contribution in [0.4, 0.5) is 8.78 Å². The van der Waals surface area contributed by atoms with E-state index in [1.165, 1.54) is 13.2 Å². The van der Waals surface area contributed by atoms with Crippen LogP contribution in [0.15, 0.2) is 22.7 Å². The van der Waals surface area contributed by atoms with Crippen molar-refractivity contribution in [1.82, 2.24) is 19.8 Å². The van der Waals surface area contributed by atoms with Crippen LogP contribution in [0.1, 0.15) is 30.9 Å². The molecule has 2 aromatic rings. The number of rotatable bonds is 5. The first kappa shape index (κ1) is 17.9. The highest BCUT2D eigenvalue weighted by Gasteiger charge is 2.17. The highest BCUT2D eigenvalue weighted by atomic mass is 19.3. The van der Waals surface area contributed by atoms with Crippen molar-refractivity contribution in [3.8, 4) is 11.5 Å². The van der Waals surface area contributed by atoms with Gasteiger partial charge in [-0.1, -0.05) is 0 Å². The summed E-state index contributed by atoms with van der Waals surface area (Å²) in [5.74, 6) is -0.675. The van der Waals surface area contributed by atoms with E-state index < -0.39 is 12.3 Å². The Morgan fingerprint density at radius 3 is 2.62 bits per heavy atom. The molecule has 1 aliphatic rings. The first-order chi connectivity index (χ1) is 11.7. The van der Waals surface area contributed by atoms with Crippen LogP contribution in [-0.4, -0.2) is 40.8 Å². The van der Waals surface area contributed by atoms with Gasteiger partial charge in [0.25, 0.3) is 18.3 Å². The minimum atomic E-state index is -2.78. The second kappa shape index (κ2) is 8.97. The van der Waals surface area contributed by atoms with E-state index in [0.29, 0.717) is 12.2 Å². The van der Waals surface area contributed by atoms with Crippen molar-refractivity contribution in [3.05, 3.63) is 29.9 Å². The van der Waals surface area contributed by atoms with Crippen molar-refractivity contribution in [3.63, 3.8) is 0 Å². The summed E-state index contributed by atoms with van der Waals surface area (Å²) in [5.41, 5.74) is 5.72. The molecule has 0 aliphatic carbocycles. The smallest absolute Gasteiger partial charge is 0.314 e. The molecule has 0 bridgehead atoms. The van der Waals surface area contributed by atoms with E-state index in [-0.39, 0.29) is 12.0 Å². The van der Waals surface area contributed by atoms with Crippen molar-refractivity contribution < 1.29 is 17.9 Å². The Morgan fingerprint density at radius 1 is 1.29 bits per heavy atom. The van der Waals surface area contributed by atoms with Gasteiger partial charge in [0, 0.05) is 6.20 Å². The molecule has 0 spiro atoms. The zero-order chi connectivity index (χ0) is 17.4. The van der Waals surface area contributed by atoms with Gasteiger partial charge in [-0.15, -0.1) is 14.9 Å². The average Bonchev–Trinajstić information content (AvgIpc) is 3.13. The third-order valence-electron chi connectivity index (χ3n) is 3.11. The summed E-state index contributed by atoms with van der Waals surface area (Å²) in [6, 6.07) is 3.42. The van der Waals surface area contributed by atoms with E-state index in [2.05, 4.69) is 25.6 Å². The molecule has 24 heavy (non-hydrogen) atoms. The third kappa shape index (κ3) is 4.76. The lowest BCUT2D eigenvalue weighted by Crippen LogP contribution is -2.18. The molecule has 0 aromatic carbocycles. The van der Waals surface area contributed by atoms with E-state index in [9.17, 15) is 8.78 Å². The molecule has 3 rings (SSSR count). The number of ether oxygens (including phenoxy) is 1. The van der Waals surface area contributed by atoms with Crippen molar-refractivity contribution in [1.29, 1.82) is 0 Å². The van der Waals surface area contributed by atoms with E-state index in [0.717, 1.165) is 18.5 Å². The molecule has 0 unspecified atom stereocenters. The molecule has 0 saturated heterocycles. The van der Waals surface area contributed by atoms with Gasteiger partial charge in [0.15, 0.2) is 0 Å². The molecule has 0 radical (unpaired) electrons. The normalized spacial score (nSPS) is 13.9. The summed E-state index contributed by atoms with van der Waals surface area (Å²) < 4.78 is 39.4. The highest BCUT2D eigenvalue weighted by Crippen LogP contribution is 2.22. The Labute approximate surface area is 137 Å². The molecule has 0 saturated carbocycles. The predicted molar refractivity (Wildman–Crippen MR) is 84.7 cm³/mol. The molecule has 7 nitrogen and oxygen atoms in total. The zero-order valence-electron chi connectivity index (χ0n) is 13.1. The summed E-state index contributed by atoms with van der Waals surface area (Å²) in [4.78, 5) is 4.21. The molecular formula is C15H18F2N5O2+. The van der Waals surface area contributed by atoms with Crippen LogP contribution in [0.3, 0.4) is 0 Å². The van der Waals surface area contributed by atoms with Gasteiger partial charge >= 0.3 is 6.43 Å². The second-order valence-electron chi connectivity index (χ2n) is 4.70. The fourth-order valence-electron chi connectivity index (χ4n) is 1.94. The lowest BCUT2D eigenvalue weighted by molar-refractivity contribution is 0.0488. The van der Waals surface area contributed by atoms with Crippen LogP contribution in [-0.2, 0) is 11.3 Å². The first-order valence-electron chi connectivity index (χ1n) is 7.32. The molecule has 2 aromatic heterocycles. The van der Waals surface area contributed by atoms with Gasteiger partial charge in [0.05, 0.1) is 36.8 Å². The van der Waals surface area contributed by atoms with E-state index in [1.54, 1.807) is 12.1 Å². The molecule has 1 aliphatic heterocycles. The Kier molecular flexibility index (Phi) is 6.68. The Balaban J connectivity index is 0.00000100. The number of nitrogens with two attached hydrogens (primary N) is 1. The summed E-state index contributed by atoms with van der Waals surface area (Å²) in [7, 11) is 1.50. The van der Waals surface area contributed by atoms with Gasteiger partial charge in [-0.2, -0.15) is 8.78 Å². The molecule has 0 fully saturated rings. The summed E-state index contributed by atoms with van der Waals surface area (Å²) in [5, 5.41) is 6.85. The van der Waals surface area contributed by atoms with Crippen LogP contribution in [0.2, 0.25) is 0 Å². The monoisotopic (exact) mass is 338 g/mol. The van der Waals surface area contributed by atoms with E-state index in [1.807, 2.05) is 12.4 Å². The maximum absolute atomic E-state index is 12.4. The van der Waals surface area contributed by atoms with Gasteiger partial charge in [-0.05, 0) is 19.2 Å². The van der Waals surface area contributed by atoms with E-state index >= 15 is 0 Å². The van der Waals surface area contributed by atoms with Gasteiger partial charge in [-0.3, -0.25) is 4.98 Å². The second-order valence-corrected chi connectivity index (χ2v) is 4.70. The van der Waals surface area contributed by atoms with Crippen LogP contribution in [0, 0.1) is 0 Å². The van der Waals surface area contributed by atoms with Crippen LogP contribution < -0.4 is 10.4 Å². The third-order valence-corrected chi connectivity index (χ3v) is 3.11. The summed E-state index contributed by atoms with van der Waals surface area (Å²) >= 11 is 0. The van der Waals surface area contributed by atoms with Crippen LogP contribution in [0.25, 0.3) is 11.5 Å². The maximum Gasteiger partial charge on any atom is 0.314 e. The Hall–Kier alpha value is -2.48. The number of hydrogen-bond donors (Lipinski definition) is 1. The zero-order valence-corrected chi connectivity index (χ0v) is 13.1. The number of aromatic nitrogens is 3. The fourth-order valence-corrected chi connectivity index (χ4v) is 1.94. The van der Waals surface area contributed by atoms with E-state index in [4.69, 9.17) is 9.15 Å². The molecule has 2 N–H and O–H groups in total. The largest absolute Gasteiger partial charge is 0.415 e. The van der Waals surface area contributed by atoms with Crippen molar-refractivity contribution in [2.45, 2.75) is 32.0 Å². The van der Waals surface area contributed by atoms with Gasteiger partial charge < -0.3 is 14.9 Å². The quantitative estimate of drug-likeness (QED) is 0.830. The summed E-state index contributed by atoms with van der Waals surface area (Å²) in [6.45, 7) is 0.374. The standard InChI is InChI=1S/C14H13F2N4O2.CH5N/c15-12(16)14-20-19-13(22-14)9-1-2-10(18-7-9)8-21-11-3-5-17-6-4-11;1-2/h1-2,5-7,11-12H,3-4,8H2;2H2,1H3/q+1;. The fraction of sp³-hybridized carbons (Fsp3) is 0.400. The molecule has 3 heterocycles. The Bertz CT molecular complexity index is 686. The minimum absolute atomic E-state index is 0.0216. The Morgan fingerprint density at radius 2 is 2.04 bits per heavy atom. The first-order valence-corrected chi connectivity index (χ1v) is 7.32. The molecule has 0 atom stereocenters. The number of alkyl halides is 2. The molecule has 9 heteroatoms. The molecular weight excluding hydrogens is 320 g/mol. The number of pyridine rings is 1. The van der Waals surface area contributed by atoms with Crippen molar-refractivity contribution in [2.24, 2.45) is 5.73 Å². The SMILES string of the molecule is CN.FC(F)c1nnc(-c2ccc(COC3CC=[N+]=CC3)nc2)o1. The average molecular weight is 338 g/mol. The van der Waals surface area contributed by atoms with Gasteiger partial charge in [0.2, 0.25) is 5.89 Å². The highest BCUT2D eigenvalue weighted by molar-refractivity contribution is 5.70. The van der Waals surface area contributed by atoms with Crippen LogP contribution in [0.5, 0.6) is 0 Å². The topological polar surface area (TPSA) is 101 Å². The lowest BCUT2D eigenvalue weighted by atomic mass is 10.2. The van der Waals surface area contributed by atoms with Gasteiger partial charge in [-0.25, -0.2) is 0 Å². The number of halogens is 2. The molecule has 0 amide bonds. The summed E-state index contributed by atoms with van der Waals surface area (Å²) in [6.07, 6.45) is 4.04. The predicted octanol–water partition coefficient (Wildman–Crippen LogP) is 1.53. The number of nitrogens with zero attached hydrogens (tertiary/aromatic N) is 4.